The Morgan fingerprint density at radius 2 is 1.53 bits per heavy atom. The molecule has 4 heterocycles. The van der Waals surface area contributed by atoms with Gasteiger partial charge in [-0.3, -0.25) is 4.90 Å². The molecule has 2 atom stereocenters. The minimum Gasteiger partial charge on any atom is -0.325 e. The minimum absolute atomic E-state index is 0. The highest BCUT2D eigenvalue weighted by Gasteiger charge is 2.43. The Hall–Kier alpha value is -1.59. The molecule has 3 aromatic rings. The van der Waals surface area contributed by atoms with Gasteiger partial charge in [0.1, 0.15) is 5.82 Å². The normalized spacial score (nSPS) is 26.1. The highest BCUT2D eigenvalue weighted by atomic mass is 35.5. The van der Waals surface area contributed by atoms with Crippen molar-refractivity contribution in [3.63, 3.8) is 0 Å². The van der Waals surface area contributed by atoms with E-state index in [4.69, 9.17) is 4.98 Å². The Kier molecular flexibility index (Phi) is 7.93. The van der Waals surface area contributed by atoms with Gasteiger partial charge in [-0.05, 0) is 94.6 Å². The standard InChI is InChI=1S/C28H36N4.2ClH/c1-21-30-26-9-5-6-10-27(26)32(21)25-19-23-11-12-24(20-25)31(23)18-15-28(13-16-29-17-14-28)22-7-3-2-4-8-22;;/h2-10,23-25,29H,11-20H2,1H3;2*1H. The summed E-state index contributed by atoms with van der Waals surface area (Å²) in [5.74, 6) is 1.18. The number of para-hydroxylation sites is 2. The van der Waals surface area contributed by atoms with E-state index in [1.165, 1.54) is 62.8 Å². The highest BCUT2D eigenvalue weighted by molar-refractivity contribution is 5.85. The number of hydrogen-bond donors (Lipinski definition) is 1. The van der Waals surface area contributed by atoms with Crippen molar-refractivity contribution in [1.82, 2.24) is 19.8 Å². The summed E-state index contributed by atoms with van der Waals surface area (Å²) in [6.45, 7) is 5.74. The van der Waals surface area contributed by atoms with Crippen LogP contribution in [0.25, 0.3) is 11.0 Å². The summed E-state index contributed by atoms with van der Waals surface area (Å²) in [5.41, 5.74) is 4.38. The van der Waals surface area contributed by atoms with Crippen molar-refractivity contribution in [2.45, 2.75) is 75.4 Å². The molecule has 1 aromatic heterocycles. The van der Waals surface area contributed by atoms with Gasteiger partial charge >= 0.3 is 0 Å². The van der Waals surface area contributed by atoms with Crippen LogP contribution in [-0.2, 0) is 5.41 Å². The number of aryl methyl sites for hydroxylation is 1. The molecule has 3 aliphatic heterocycles. The summed E-state index contributed by atoms with van der Waals surface area (Å²) in [6.07, 6.45) is 9.12. The van der Waals surface area contributed by atoms with E-state index in [1.807, 2.05) is 0 Å². The summed E-state index contributed by atoms with van der Waals surface area (Å²) < 4.78 is 2.55. The largest absolute Gasteiger partial charge is 0.325 e. The van der Waals surface area contributed by atoms with E-state index >= 15 is 0 Å². The molecule has 4 nitrogen and oxygen atoms in total. The van der Waals surface area contributed by atoms with E-state index in [-0.39, 0.29) is 24.8 Å². The maximum absolute atomic E-state index is 4.86. The molecule has 184 valence electrons. The molecule has 3 aliphatic rings. The minimum atomic E-state index is 0. The monoisotopic (exact) mass is 500 g/mol. The zero-order valence-corrected chi connectivity index (χ0v) is 21.8. The second-order valence-corrected chi connectivity index (χ2v) is 10.4. The third kappa shape index (κ3) is 4.51. The van der Waals surface area contributed by atoms with Gasteiger partial charge in [-0.25, -0.2) is 4.98 Å². The summed E-state index contributed by atoms with van der Waals surface area (Å²) in [5, 5.41) is 3.60. The summed E-state index contributed by atoms with van der Waals surface area (Å²) in [4.78, 5) is 7.76. The molecule has 3 saturated heterocycles. The smallest absolute Gasteiger partial charge is 0.106 e. The molecule has 0 spiro atoms. The number of nitrogens with one attached hydrogen (secondary N) is 1. The van der Waals surface area contributed by atoms with Gasteiger partial charge in [-0.15, -0.1) is 24.8 Å². The summed E-state index contributed by atoms with van der Waals surface area (Å²) >= 11 is 0. The van der Waals surface area contributed by atoms with Gasteiger partial charge in [0, 0.05) is 18.1 Å². The molecule has 6 rings (SSSR count). The molecule has 3 fully saturated rings. The second kappa shape index (κ2) is 10.6. The van der Waals surface area contributed by atoms with E-state index in [0.29, 0.717) is 11.5 Å². The SMILES string of the molecule is Cc1nc2ccccc2n1C1CC2CCC(C1)N2CCC1(c2ccccc2)CCNCC1.Cl.Cl. The number of imidazole rings is 1. The van der Waals surface area contributed by atoms with Crippen molar-refractivity contribution < 1.29 is 0 Å². The molecular weight excluding hydrogens is 463 g/mol. The molecule has 2 aromatic carbocycles. The van der Waals surface area contributed by atoms with Crippen molar-refractivity contribution in [1.29, 1.82) is 0 Å². The number of aromatic nitrogens is 2. The van der Waals surface area contributed by atoms with Gasteiger partial charge in [0.05, 0.1) is 11.0 Å². The fourth-order valence-corrected chi connectivity index (χ4v) is 7.17. The Labute approximate surface area is 216 Å². The van der Waals surface area contributed by atoms with E-state index in [0.717, 1.165) is 30.7 Å². The molecule has 34 heavy (non-hydrogen) atoms. The van der Waals surface area contributed by atoms with Gasteiger partial charge < -0.3 is 9.88 Å². The van der Waals surface area contributed by atoms with Crippen LogP contribution in [0.15, 0.2) is 54.6 Å². The average molecular weight is 502 g/mol. The van der Waals surface area contributed by atoms with Crippen molar-refractivity contribution >= 4 is 35.8 Å². The van der Waals surface area contributed by atoms with Gasteiger partial charge in [0.25, 0.3) is 0 Å². The number of rotatable bonds is 5. The molecule has 0 amide bonds. The highest BCUT2D eigenvalue weighted by Crippen LogP contribution is 2.44. The van der Waals surface area contributed by atoms with Gasteiger partial charge in [0.15, 0.2) is 0 Å². The first kappa shape index (κ1) is 25.5. The quantitative estimate of drug-likeness (QED) is 0.461. The van der Waals surface area contributed by atoms with Crippen LogP contribution in [0.2, 0.25) is 0 Å². The lowest BCUT2D eigenvalue weighted by Crippen LogP contribution is -2.47. The maximum Gasteiger partial charge on any atom is 0.106 e. The van der Waals surface area contributed by atoms with E-state index < -0.39 is 0 Å². The number of benzene rings is 2. The molecule has 2 unspecified atom stereocenters. The first-order valence-electron chi connectivity index (χ1n) is 12.7. The number of hydrogen-bond acceptors (Lipinski definition) is 3. The lowest BCUT2D eigenvalue weighted by atomic mass is 9.70. The summed E-state index contributed by atoms with van der Waals surface area (Å²) in [6, 6.07) is 22.1. The Balaban J connectivity index is 0.00000137. The predicted molar refractivity (Wildman–Crippen MR) is 146 cm³/mol. The third-order valence-corrected chi connectivity index (χ3v) is 8.79. The number of halogens is 2. The molecule has 0 saturated carbocycles. The Bertz CT molecular complexity index is 1060. The zero-order valence-electron chi connectivity index (χ0n) is 20.2. The second-order valence-electron chi connectivity index (χ2n) is 10.4. The van der Waals surface area contributed by atoms with Crippen LogP contribution < -0.4 is 5.32 Å². The topological polar surface area (TPSA) is 33.1 Å². The van der Waals surface area contributed by atoms with Crippen LogP contribution >= 0.6 is 24.8 Å². The number of piperidine rings is 2. The summed E-state index contributed by atoms with van der Waals surface area (Å²) in [7, 11) is 0. The van der Waals surface area contributed by atoms with Crippen molar-refractivity contribution in [3.05, 3.63) is 66.0 Å². The first-order valence-corrected chi connectivity index (χ1v) is 12.7. The average Bonchev–Trinajstić information content (AvgIpc) is 3.30. The fraction of sp³-hybridized carbons (Fsp3) is 0.536. The maximum atomic E-state index is 4.86. The molecule has 0 aliphatic carbocycles. The van der Waals surface area contributed by atoms with Crippen molar-refractivity contribution in [2.75, 3.05) is 19.6 Å². The van der Waals surface area contributed by atoms with Crippen LogP contribution in [-0.4, -0.2) is 46.2 Å². The van der Waals surface area contributed by atoms with Crippen LogP contribution in [0.4, 0.5) is 0 Å². The fourth-order valence-electron chi connectivity index (χ4n) is 7.17. The molecular formula is C28H38Cl2N4. The van der Waals surface area contributed by atoms with E-state index in [2.05, 4.69) is 76.3 Å². The lowest BCUT2D eigenvalue weighted by molar-refractivity contribution is 0.0929. The van der Waals surface area contributed by atoms with Gasteiger partial charge in [-0.1, -0.05) is 42.5 Å². The van der Waals surface area contributed by atoms with Crippen molar-refractivity contribution in [2.24, 2.45) is 0 Å². The Morgan fingerprint density at radius 1 is 0.882 bits per heavy atom. The van der Waals surface area contributed by atoms with E-state index in [9.17, 15) is 0 Å². The van der Waals surface area contributed by atoms with Crippen LogP contribution in [0, 0.1) is 6.92 Å². The molecule has 6 heteroatoms. The molecule has 1 N–H and O–H groups in total. The molecule has 0 radical (unpaired) electrons. The Morgan fingerprint density at radius 3 is 2.24 bits per heavy atom. The van der Waals surface area contributed by atoms with Crippen LogP contribution in [0.5, 0.6) is 0 Å². The number of fused-ring (bicyclic) bond motifs is 3. The van der Waals surface area contributed by atoms with Gasteiger partial charge in [0.2, 0.25) is 0 Å². The van der Waals surface area contributed by atoms with Gasteiger partial charge in [-0.2, -0.15) is 0 Å². The third-order valence-electron chi connectivity index (χ3n) is 8.79. The lowest BCUT2D eigenvalue weighted by Gasteiger charge is -2.44. The zero-order chi connectivity index (χ0) is 21.5. The first-order chi connectivity index (χ1) is 15.7. The molecule has 2 bridgehead atoms. The van der Waals surface area contributed by atoms with Crippen LogP contribution in [0.3, 0.4) is 0 Å². The number of nitrogens with zero attached hydrogens (tertiary/aromatic N) is 3. The van der Waals surface area contributed by atoms with Crippen molar-refractivity contribution in [3.8, 4) is 0 Å². The van der Waals surface area contributed by atoms with E-state index in [1.54, 1.807) is 5.56 Å². The van der Waals surface area contributed by atoms with Crippen LogP contribution in [0.1, 0.15) is 62.4 Å². The predicted octanol–water partition coefficient (Wildman–Crippen LogP) is 6.07.